The minimum absolute atomic E-state index is 0.0223. The average molecular weight is 384 g/mol. The number of benzene rings is 1. The van der Waals surface area contributed by atoms with Crippen LogP contribution in [0.1, 0.15) is 56.6 Å². The van der Waals surface area contributed by atoms with E-state index in [1.165, 1.54) is 4.90 Å². The quantitative estimate of drug-likeness (QED) is 0.734. The Balaban J connectivity index is 1.35. The molecule has 6 heteroatoms. The van der Waals surface area contributed by atoms with E-state index >= 15 is 0 Å². The maximum absolute atomic E-state index is 12.6. The maximum Gasteiger partial charge on any atom is 0.233 e. The van der Waals surface area contributed by atoms with E-state index in [-0.39, 0.29) is 48.6 Å². The third-order valence-corrected chi connectivity index (χ3v) is 6.38. The summed E-state index contributed by atoms with van der Waals surface area (Å²) in [7, 11) is 1.63. The lowest BCUT2D eigenvalue weighted by Gasteiger charge is -2.20. The van der Waals surface area contributed by atoms with Gasteiger partial charge in [-0.25, -0.2) is 0 Å². The maximum atomic E-state index is 12.6. The fraction of sp³-hybridized carbons (Fsp3) is 0.591. The molecular formula is C22H28N2O4. The van der Waals surface area contributed by atoms with Crippen molar-refractivity contribution in [1.82, 2.24) is 10.2 Å². The highest BCUT2D eigenvalue weighted by Crippen LogP contribution is 2.41. The first-order chi connectivity index (χ1) is 13.6. The number of hydrogen-bond donors (Lipinski definition) is 1. The van der Waals surface area contributed by atoms with Gasteiger partial charge in [0.2, 0.25) is 17.7 Å². The van der Waals surface area contributed by atoms with E-state index in [0.717, 1.165) is 49.8 Å². The van der Waals surface area contributed by atoms with E-state index in [9.17, 15) is 14.4 Å². The van der Waals surface area contributed by atoms with Crippen molar-refractivity contribution in [3.63, 3.8) is 0 Å². The molecule has 1 aromatic carbocycles. The van der Waals surface area contributed by atoms with E-state index in [1.807, 2.05) is 24.3 Å². The van der Waals surface area contributed by atoms with E-state index in [4.69, 9.17) is 4.74 Å². The Morgan fingerprint density at radius 1 is 1.07 bits per heavy atom. The zero-order valence-corrected chi connectivity index (χ0v) is 16.4. The lowest BCUT2D eigenvalue weighted by atomic mass is 9.81. The molecule has 2 aliphatic carbocycles. The number of ether oxygens (including phenoxy) is 1. The smallest absolute Gasteiger partial charge is 0.233 e. The van der Waals surface area contributed by atoms with Gasteiger partial charge in [-0.2, -0.15) is 0 Å². The van der Waals surface area contributed by atoms with E-state index in [1.54, 1.807) is 7.11 Å². The molecule has 1 N–H and O–H groups in total. The zero-order valence-electron chi connectivity index (χ0n) is 16.4. The number of fused-ring (bicyclic) bond motifs is 1. The van der Waals surface area contributed by atoms with Crippen LogP contribution in [0.4, 0.5) is 0 Å². The van der Waals surface area contributed by atoms with E-state index < -0.39 is 0 Å². The van der Waals surface area contributed by atoms with Crippen molar-refractivity contribution >= 4 is 17.7 Å². The summed E-state index contributed by atoms with van der Waals surface area (Å²) in [5, 5.41) is 3.12. The molecule has 0 aromatic heterocycles. The number of nitrogens with zero attached hydrogens (tertiary/aromatic N) is 1. The molecule has 0 spiro atoms. The standard InChI is InChI=1S/C22H28N2O4/c1-28-16-10-8-15(9-11-16)20(14-6-7-14)23-19(25)12-13-24-21(26)17-4-2-3-5-18(17)22(24)27/h8-11,14,17-18,20H,2-7,12-13H2,1H3,(H,23,25)/t17-,18+,20-/m1/s1. The van der Waals surface area contributed by atoms with E-state index in [2.05, 4.69) is 5.32 Å². The number of amides is 3. The second kappa shape index (κ2) is 7.94. The molecule has 150 valence electrons. The third kappa shape index (κ3) is 3.77. The molecule has 1 saturated heterocycles. The normalized spacial score (nSPS) is 25.4. The Kier molecular flexibility index (Phi) is 5.38. The van der Waals surface area contributed by atoms with Crippen molar-refractivity contribution in [2.45, 2.75) is 51.0 Å². The van der Waals surface area contributed by atoms with Crippen LogP contribution in [0, 0.1) is 17.8 Å². The van der Waals surface area contributed by atoms with Gasteiger partial charge in [-0.3, -0.25) is 19.3 Å². The van der Waals surface area contributed by atoms with Crippen molar-refractivity contribution in [1.29, 1.82) is 0 Å². The average Bonchev–Trinajstić information content (AvgIpc) is 3.53. The van der Waals surface area contributed by atoms with Crippen LogP contribution in [0.3, 0.4) is 0 Å². The van der Waals surface area contributed by atoms with Gasteiger partial charge >= 0.3 is 0 Å². The number of likely N-dealkylation sites (tertiary alicyclic amines) is 1. The first-order valence-electron chi connectivity index (χ1n) is 10.4. The third-order valence-electron chi connectivity index (χ3n) is 6.38. The van der Waals surface area contributed by atoms with Crippen molar-refractivity contribution in [3.8, 4) is 5.75 Å². The van der Waals surface area contributed by atoms with E-state index in [0.29, 0.717) is 5.92 Å². The zero-order chi connectivity index (χ0) is 19.7. The fourth-order valence-corrected chi connectivity index (χ4v) is 4.62. The fourth-order valence-electron chi connectivity index (χ4n) is 4.62. The summed E-state index contributed by atoms with van der Waals surface area (Å²) in [4.78, 5) is 39.0. The highest BCUT2D eigenvalue weighted by molar-refractivity contribution is 6.05. The summed E-state index contributed by atoms with van der Waals surface area (Å²) in [5.41, 5.74) is 1.07. The van der Waals surface area contributed by atoms with Gasteiger partial charge < -0.3 is 10.1 Å². The monoisotopic (exact) mass is 384 g/mol. The molecule has 0 radical (unpaired) electrons. The molecule has 6 nitrogen and oxygen atoms in total. The van der Waals surface area contributed by atoms with Crippen LogP contribution in [0.25, 0.3) is 0 Å². The van der Waals surface area contributed by atoms with Crippen LogP contribution in [0.2, 0.25) is 0 Å². The van der Waals surface area contributed by atoms with Gasteiger partial charge in [0, 0.05) is 13.0 Å². The molecule has 1 heterocycles. The van der Waals surface area contributed by atoms with Gasteiger partial charge in [-0.1, -0.05) is 25.0 Å². The second-order valence-electron chi connectivity index (χ2n) is 8.23. The summed E-state index contributed by atoms with van der Waals surface area (Å²) in [5.74, 6) is 0.689. The minimum atomic E-state index is -0.150. The molecule has 2 saturated carbocycles. The number of carbonyl (C=O) groups is 3. The van der Waals surface area contributed by atoms with Gasteiger partial charge in [0.15, 0.2) is 0 Å². The molecule has 3 atom stereocenters. The molecule has 0 bridgehead atoms. The molecule has 1 aromatic rings. The van der Waals surface area contributed by atoms with Gasteiger partial charge in [0.25, 0.3) is 0 Å². The lowest BCUT2D eigenvalue weighted by Crippen LogP contribution is -2.36. The Labute approximate surface area is 165 Å². The van der Waals surface area contributed by atoms with Gasteiger partial charge in [0.05, 0.1) is 25.0 Å². The predicted molar refractivity (Wildman–Crippen MR) is 103 cm³/mol. The van der Waals surface area contributed by atoms with Crippen LogP contribution < -0.4 is 10.1 Å². The summed E-state index contributed by atoms with van der Waals surface area (Å²) in [6, 6.07) is 7.76. The van der Waals surface area contributed by atoms with Crippen LogP contribution in [-0.2, 0) is 14.4 Å². The largest absolute Gasteiger partial charge is 0.497 e. The minimum Gasteiger partial charge on any atom is -0.497 e. The predicted octanol–water partition coefficient (Wildman–Crippen LogP) is 2.83. The first-order valence-corrected chi connectivity index (χ1v) is 10.4. The van der Waals surface area contributed by atoms with Gasteiger partial charge in [-0.05, 0) is 49.3 Å². The van der Waals surface area contributed by atoms with Crippen molar-refractivity contribution < 1.29 is 19.1 Å². The highest BCUT2D eigenvalue weighted by Gasteiger charge is 2.47. The number of methoxy groups -OCH3 is 1. The SMILES string of the molecule is COc1ccc([C@H](NC(=O)CCN2C(=O)[C@H]3CCCC[C@H]3C2=O)C2CC2)cc1. The number of rotatable bonds is 7. The summed E-state index contributed by atoms with van der Waals surface area (Å²) in [6.07, 6.45) is 6.00. The van der Waals surface area contributed by atoms with Crippen molar-refractivity contribution in [2.75, 3.05) is 13.7 Å². The molecule has 0 unspecified atom stereocenters. The first kappa shape index (κ1) is 19.0. The van der Waals surface area contributed by atoms with Crippen molar-refractivity contribution in [2.24, 2.45) is 17.8 Å². The summed E-state index contributed by atoms with van der Waals surface area (Å²) in [6.45, 7) is 0.191. The number of hydrogen-bond acceptors (Lipinski definition) is 4. The number of imide groups is 1. The number of carbonyl (C=O) groups excluding carboxylic acids is 3. The summed E-state index contributed by atoms with van der Waals surface area (Å²) < 4.78 is 5.21. The molecule has 1 aliphatic heterocycles. The molecule has 3 fully saturated rings. The molecular weight excluding hydrogens is 356 g/mol. The van der Waals surface area contributed by atoms with Crippen LogP contribution in [0.5, 0.6) is 5.75 Å². The Morgan fingerprint density at radius 3 is 2.21 bits per heavy atom. The molecule has 28 heavy (non-hydrogen) atoms. The molecule has 3 aliphatic rings. The second-order valence-corrected chi connectivity index (χ2v) is 8.23. The summed E-state index contributed by atoms with van der Waals surface area (Å²) >= 11 is 0. The topological polar surface area (TPSA) is 75.7 Å². The Morgan fingerprint density at radius 2 is 1.68 bits per heavy atom. The lowest BCUT2D eigenvalue weighted by molar-refractivity contribution is -0.140. The van der Waals surface area contributed by atoms with Gasteiger partial charge in [-0.15, -0.1) is 0 Å². The molecule has 4 rings (SSSR count). The van der Waals surface area contributed by atoms with Crippen LogP contribution in [0.15, 0.2) is 24.3 Å². The Hall–Kier alpha value is -2.37. The van der Waals surface area contributed by atoms with Crippen LogP contribution >= 0.6 is 0 Å². The van der Waals surface area contributed by atoms with Crippen LogP contribution in [-0.4, -0.2) is 36.3 Å². The van der Waals surface area contributed by atoms with Gasteiger partial charge in [0.1, 0.15) is 5.75 Å². The number of nitrogens with one attached hydrogen (secondary N) is 1. The van der Waals surface area contributed by atoms with Crippen molar-refractivity contribution in [3.05, 3.63) is 29.8 Å². The highest BCUT2D eigenvalue weighted by atomic mass is 16.5. The Bertz CT molecular complexity index is 732. The molecule has 3 amide bonds.